The molecule has 4 heterocycles. The van der Waals surface area contributed by atoms with Crippen LogP contribution >= 0.6 is 23.8 Å². The highest BCUT2D eigenvalue weighted by atomic mass is 35.5. The van der Waals surface area contributed by atoms with Crippen LogP contribution in [0.2, 0.25) is 5.02 Å². The van der Waals surface area contributed by atoms with Crippen molar-refractivity contribution in [3.63, 3.8) is 0 Å². The van der Waals surface area contributed by atoms with E-state index in [9.17, 15) is 0 Å². The first-order valence-corrected chi connectivity index (χ1v) is 13.2. The lowest BCUT2D eigenvalue weighted by molar-refractivity contribution is 0.122. The fourth-order valence-electron chi connectivity index (χ4n) is 5.10. The molecule has 0 unspecified atom stereocenters. The Labute approximate surface area is 226 Å². The Hall–Kier alpha value is -3.39. The molecule has 0 amide bonds. The van der Waals surface area contributed by atoms with Crippen molar-refractivity contribution in [3.05, 3.63) is 101 Å². The summed E-state index contributed by atoms with van der Waals surface area (Å²) in [6, 6.07) is 24.0. The van der Waals surface area contributed by atoms with Crippen molar-refractivity contribution in [3.8, 4) is 11.3 Å². The van der Waals surface area contributed by atoms with Gasteiger partial charge in [-0.05, 0) is 79.3 Å². The highest BCUT2D eigenvalue weighted by Gasteiger charge is 2.42. The number of benzene rings is 2. The molecule has 0 saturated carbocycles. The summed E-state index contributed by atoms with van der Waals surface area (Å²) in [5.41, 5.74) is 5.04. The Morgan fingerprint density at radius 1 is 0.946 bits per heavy atom. The van der Waals surface area contributed by atoms with E-state index in [1.807, 2.05) is 55.5 Å². The van der Waals surface area contributed by atoms with Crippen molar-refractivity contribution in [1.82, 2.24) is 10.3 Å². The first-order valence-electron chi connectivity index (χ1n) is 12.4. The number of hydrogen-bond acceptors (Lipinski definition) is 5. The van der Waals surface area contributed by atoms with Crippen LogP contribution in [0.15, 0.2) is 83.4 Å². The SMILES string of the molecule is Cc1c(Cl)cccc1-c1ccc([C@@H]2[C@@H](c3ccccn3)NC(=S)N2c2ccc(N3CCOCC3)cc2)o1. The van der Waals surface area contributed by atoms with Crippen LogP contribution in [-0.4, -0.2) is 36.4 Å². The minimum Gasteiger partial charge on any atom is -0.459 e. The minimum atomic E-state index is -0.218. The van der Waals surface area contributed by atoms with Crippen LogP contribution in [0, 0.1) is 6.92 Å². The predicted octanol–water partition coefficient (Wildman–Crippen LogP) is 6.32. The molecule has 0 aliphatic carbocycles. The molecule has 0 bridgehead atoms. The topological polar surface area (TPSA) is 53.8 Å². The van der Waals surface area contributed by atoms with Crippen molar-refractivity contribution in [1.29, 1.82) is 0 Å². The highest BCUT2D eigenvalue weighted by Crippen LogP contribution is 2.43. The number of nitrogens with zero attached hydrogens (tertiary/aromatic N) is 3. The summed E-state index contributed by atoms with van der Waals surface area (Å²) >= 11 is 12.3. The third kappa shape index (κ3) is 4.59. The number of halogens is 1. The highest BCUT2D eigenvalue weighted by molar-refractivity contribution is 7.80. The van der Waals surface area contributed by atoms with Gasteiger partial charge in [-0.15, -0.1) is 0 Å². The second kappa shape index (κ2) is 10.2. The number of hydrogen-bond donors (Lipinski definition) is 1. The Bertz CT molecular complexity index is 1400. The number of nitrogens with one attached hydrogen (secondary N) is 1. The molecule has 2 fully saturated rings. The Morgan fingerprint density at radius 3 is 2.49 bits per heavy atom. The van der Waals surface area contributed by atoms with Gasteiger partial charge in [-0.3, -0.25) is 4.98 Å². The zero-order valence-electron chi connectivity index (χ0n) is 20.4. The van der Waals surface area contributed by atoms with E-state index >= 15 is 0 Å². The maximum absolute atomic E-state index is 6.51. The molecule has 8 heteroatoms. The third-order valence-electron chi connectivity index (χ3n) is 7.05. The molecule has 2 aromatic heterocycles. The third-order valence-corrected chi connectivity index (χ3v) is 7.78. The van der Waals surface area contributed by atoms with Crippen molar-refractivity contribution >= 4 is 40.3 Å². The summed E-state index contributed by atoms with van der Waals surface area (Å²) in [7, 11) is 0. The Morgan fingerprint density at radius 2 is 1.73 bits per heavy atom. The van der Waals surface area contributed by atoms with E-state index in [0.717, 1.165) is 60.3 Å². The van der Waals surface area contributed by atoms with Gasteiger partial charge < -0.3 is 24.3 Å². The maximum Gasteiger partial charge on any atom is 0.174 e. The molecule has 0 spiro atoms. The van der Waals surface area contributed by atoms with Gasteiger partial charge in [0.05, 0.1) is 24.9 Å². The van der Waals surface area contributed by atoms with Crippen LogP contribution in [0.25, 0.3) is 11.3 Å². The van der Waals surface area contributed by atoms with E-state index in [2.05, 4.69) is 44.4 Å². The molecule has 2 aliphatic rings. The zero-order valence-corrected chi connectivity index (χ0v) is 22.0. The van der Waals surface area contributed by atoms with Gasteiger partial charge >= 0.3 is 0 Å². The fraction of sp³-hybridized carbons (Fsp3) is 0.241. The Balaban J connectivity index is 1.38. The summed E-state index contributed by atoms with van der Waals surface area (Å²) in [5.74, 6) is 1.57. The first-order chi connectivity index (χ1) is 18.1. The van der Waals surface area contributed by atoms with Crippen LogP contribution in [0.1, 0.15) is 29.1 Å². The number of furan rings is 1. The van der Waals surface area contributed by atoms with E-state index < -0.39 is 0 Å². The molecule has 2 aliphatic heterocycles. The summed E-state index contributed by atoms with van der Waals surface area (Å²) in [5, 5.41) is 4.85. The van der Waals surface area contributed by atoms with Gasteiger partial charge in [0.15, 0.2) is 5.11 Å². The lowest BCUT2D eigenvalue weighted by Gasteiger charge is -2.30. The average molecular weight is 531 g/mol. The normalized spacial score (nSPS) is 19.8. The average Bonchev–Trinajstić information content (AvgIpc) is 3.56. The lowest BCUT2D eigenvalue weighted by Crippen LogP contribution is -2.36. The molecule has 188 valence electrons. The molecule has 1 N–H and O–H groups in total. The molecule has 0 radical (unpaired) electrons. The first kappa shape index (κ1) is 24.0. The second-order valence-electron chi connectivity index (χ2n) is 9.23. The van der Waals surface area contributed by atoms with Gasteiger partial charge in [-0.1, -0.05) is 29.8 Å². The summed E-state index contributed by atoms with van der Waals surface area (Å²) in [6.07, 6.45) is 1.81. The van der Waals surface area contributed by atoms with Crippen LogP contribution < -0.4 is 15.1 Å². The number of anilines is 2. The lowest BCUT2D eigenvalue weighted by atomic mass is 10.0. The van der Waals surface area contributed by atoms with Crippen molar-refractivity contribution in [2.45, 2.75) is 19.0 Å². The number of pyridine rings is 1. The van der Waals surface area contributed by atoms with Crippen LogP contribution in [0.4, 0.5) is 11.4 Å². The maximum atomic E-state index is 6.51. The number of aromatic nitrogens is 1. The summed E-state index contributed by atoms with van der Waals surface area (Å²) in [6.45, 7) is 5.30. The quantitative estimate of drug-likeness (QED) is 0.303. The fourth-order valence-corrected chi connectivity index (χ4v) is 5.62. The smallest absolute Gasteiger partial charge is 0.174 e. The van der Waals surface area contributed by atoms with Crippen LogP contribution in [0.3, 0.4) is 0 Å². The van der Waals surface area contributed by atoms with Crippen molar-refractivity contribution in [2.24, 2.45) is 0 Å². The van der Waals surface area contributed by atoms with Crippen LogP contribution in [-0.2, 0) is 4.74 Å². The summed E-state index contributed by atoms with van der Waals surface area (Å²) in [4.78, 5) is 9.11. The van der Waals surface area contributed by atoms with Crippen molar-refractivity contribution in [2.75, 3.05) is 36.1 Å². The number of rotatable bonds is 5. The largest absolute Gasteiger partial charge is 0.459 e. The molecular weight excluding hydrogens is 504 g/mol. The molecule has 2 aromatic carbocycles. The van der Waals surface area contributed by atoms with Crippen LogP contribution in [0.5, 0.6) is 0 Å². The van der Waals surface area contributed by atoms with Gasteiger partial charge in [0.2, 0.25) is 0 Å². The molecular formula is C29H27ClN4O2S. The number of morpholine rings is 1. The van der Waals surface area contributed by atoms with E-state index in [1.165, 1.54) is 5.69 Å². The predicted molar refractivity (Wildman–Crippen MR) is 151 cm³/mol. The second-order valence-corrected chi connectivity index (χ2v) is 10.0. The van der Waals surface area contributed by atoms with Gasteiger partial charge in [-0.25, -0.2) is 0 Å². The minimum absolute atomic E-state index is 0.174. The van der Waals surface area contributed by atoms with E-state index in [-0.39, 0.29) is 12.1 Å². The molecule has 37 heavy (non-hydrogen) atoms. The van der Waals surface area contributed by atoms with Gasteiger partial charge in [0.25, 0.3) is 0 Å². The molecule has 6 rings (SSSR count). The number of ether oxygens (including phenoxy) is 1. The molecule has 6 nitrogen and oxygen atoms in total. The van der Waals surface area contributed by atoms with E-state index in [0.29, 0.717) is 10.1 Å². The molecule has 2 atom stereocenters. The van der Waals surface area contributed by atoms with Gasteiger partial charge in [0.1, 0.15) is 17.6 Å². The Kier molecular flexibility index (Phi) is 6.59. The van der Waals surface area contributed by atoms with Gasteiger partial charge in [0, 0.05) is 41.2 Å². The standard InChI is InChI=1S/C29H27ClN4O2S/c1-19-22(5-4-6-23(19)30)25-12-13-26(36-25)28-27(24-7-2-3-14-31-24)32-29(37)34(28)21-10-8-20(9-11-21)33-15-17-35-18-16-33/h2-14,27-28H,15-18H2,1H3,(H,32,37)/t27-,28-/m1/s1. The van der Waals surface area contributed by atoms with E-state index in [1.54, 1.807) is 6.20 Å². The zero-order chi connectivity index (χ0) is 25.4. The number of thiocarbonyl (C=S) groups is 1. The monoisotopic (exact) mass is 530 g/mol. The summed E-state index contributed by atoms with van der Waals surface area (Å²) < 4.78 is 12.0. The molecule has 2 saturated heterocycles. The van der Waals surface area contributed by atoms with Crippen molar-refractivity contribution < 1.29 is 9.15 Å². The van der Waals surface area contributed by atoms with Gasteiger partial charge in [-0.2, -0.15) is 0 Å². The van der Waals surface area contributed by atoms with E-state index in [4.69, 9.17) is 33.0 Å². The molecule has 4 aromatic rings.